The van der Waals surface area contributed by atoms with Crippen LogP contribution >= 0.6 is 0 Å². The normalized spacial score (nSPS) is 18.6. The molecule has 1 N–H and O–H groups in total. The average Bonchev–Trinajstić information content (AvgIpc) is 2.15. The lowest BCUT2D eigenvalue weighted by Crippen LogP contribution is -2.34. The summed E-state index contributed by atoms with van der Waals surface area (Å²) in [6, 6.07) is 0. The maximum atomic E-state index is 11.3. The lowest BCUT2D eigenvalue weighted by molar-refractivity contribution is -0.126. The van der Waals surface area contributed by atoms with Gasteiger partial charge in [0, 0.05) is 19.2 Å². The number of aliphatic hydroxyl groups is 1. The molecule has 0 saturated carbocycles. The third-order valence-corrected chi connectivity index (χ3v) is 1.88. The lowest BCUT2D eigenvalue weighted by Gasteiger charge is -2.25. The summed E-state index contributed by atoms with van der Waals surface area (Å²) in [5.41, 5.74) is 0. The van der Waals surface area contributed by atoms with E-state index >= 15 is 0 Å². The van der Waals surface area contributed by atoms with Gasteiger partial charge >= 0.3 is 0 Å². The quantitative estimate of drug-likeness (QED) is 0.605. The number of carbonyl (C=O) groups is 1. The first-order valence-electron chi connectivity index (χ1n) is 4.22. The summed E-state index contributed by atoms with van der Waals surface area (Å²) in [7, 11) is 0. The van der Waals surface area contributed by atoms with E-state index in [0.29, 0.717) is 0 Å². The van der Waals surface area contributed by atoms with Crippen molar-refractivity contribution in [3.63, 3.8) is 0 Å². The van der Waals surface area contributed by atoms with Crippen LogP contribution in [0.3, 0.4) is 0 Å². The van der Waals surface area contributed by atoms with E-state index in [1.54, 1.807) is 4.90 Å². The first-order valence-corrected chi connectivity index (χ1v) is 4.22. The van der Waals surface area contributed by atoms with Gasteiger partial charge in [0.1, 0.15) is 0 Å². The lowest BCUT2D eigenvalue weighted by atomic mass is 10.1. The molecule has 0 aromatic heterocycles. The molecule has 12 heavy (non-hydrogen) atoms. The fraction of sp³-hybridized carbons (Fsp3) is 0.556. The Labute approximate surface area is 72.7 Å². The molecule has 0 spiro atoms. The van der Waals surface area contributed by atoms with Crippen molar-refractivity contribution in [2.75, 3.05) is 19.7 Å². The fourth-order valence-electron chi connectivity index (χ4n) is 1.23. The second-order valence-corrected chi connectivity index (χ2v) is 2.78. The van der Waals surface area contributed by atoms with E-state index in [1.807, 2.05) is 0 Å². The van der Waals surface area contributed by atoms with Gasteiger partial charge in [-0.2, -0.15) is 0 Å². The number of likely N-dealkylation sites (tertiary alicyclic amines) is 1. The van der Waals surface area contributed by atoms with E-state index in [4.69, 9.17) is 5.11 Å². The van der Waals surface area contributed by atoms with Gasteiger partial charge in [-0.3, -0.25) is 4.79 Å². The first-order chi connectivity index (χ1) is 5.84. The second kappa shape index (κ2) is 4.93. The van der Waals surface area contributed by atoms with Crippen LogP contribution in [-0.4, -0.2) is 35.6 Å². The number of hydrogen-bond donors (Lipinski definition) is 1. The maximum Gasteiger partial charge on any atom is 0.246 e. The van der Waals surface area contributed by atoms with Crippen LogP contribution in [0.15, 0.2) is 12.2 Å². The zero-order valence-electron chi connectivity index (χ0n) is 7.07. The molecule has 1 aliphatic rings. The molecule has 0 unspecified atom stereocenters. The Balaban J connectivity index is 2.34. The number of piperidine rings is 1. The van der Waals surface area contributed by atoms with Crippen molar-refractivity contribution in [3.8, 4) is 0 Å². The number of aliphatic hydroxyl groups excluding tert-OH is 1. The zero-order chi connectivity index (χ0) is 8.81. The Bertz CT molecular complexity index is 171. The molecule has 3 nitrogen and oxygen atoms in total. The Morgan fingerprint density at radius 1 is 1.50 bits per heavy atom. The van der Waals surface area contributed by atoms with E-state index in [-0.39, 0.29) is 12.5 Å². The van der Waals surface area contributed by atoms with Gasteiger partial charge < -0.3 is 10.0 Å². The molecule has 1 radical (unpaired) electrons. The SMILES string of the molecule is O=C(C=CCO)N1CC[CH]CC1. The highest BCUT2D eigenvalue weighted by Gasteiger charge is 2.13. The summed E-state index contributed by atoms with van der Waals surface area (Å²) in [5, 5.41) is 8.45. The van der Waals surface area contributed by atoms with Crippen molar-refractivity contribution < 1.29 is 9.90 Å². The molecule has 67 valence electrons. The van der Waals surface area contributed by atoms with Crippen LogP contribution in [0.2, 0.25) is 0 Å². The fourth-order valence-corrected chi connectivity index (χ4v) is 1.23. The molecule has 0 aliphatic carbocycles. The van der Waals surface area contributed by atoms with Crippen LogP contribution in [-0.2, 0) is 4.79 Å². The molecular weight excluding hydrogens is 154 g/mol. The topological polar surface area (TPSA) is 40.5 Å². The summed E-state index contributed by atoms with van der Waals surface area (Å²) in [5.74, 6) is 0.0113. The molecule has 0 atom stereocenters. The standard InChI is InChI=1S/C9H14NO2/c11-8-4-5-9(12)10-6-2-1-3-7-10/h1,4-5,11H,2-3,6-8H2. The minimum absolute atomic E-state index is 0.0113. The molecule has 3 heteroatoms. The molecule has 1 saturated heterocycles. The molecule has 1 rings (SSSR count). The van der Waals surface area contributed by atoms with Crippen molar-refractivity contribution in [2.24, 2.45) is 0 Å². The predicted molar refractivity (Wildman–Crippen MR) is 46.3 cm³/mol. The van der Waals surface area contributed by atoms with Crippen LogP contribution in [0.4, 0.5) is 0 Å². The summed E-state index contributed by atoms with van der Waals surface area (Å²) in [6.07, 6.45) is 7.07. The monoisotopic (exact) mass is 168 g/mol. The summed E-state index contributed by atoms with van der Waals surface area (Å²) in [6.45, 7) is 1.56. The molecule has 0 bridgehead atoms. The predicted octanol–water partition coefficient (Wildman–Crippen LogP) is 0.362. The van der Waals surface area contributed by atoms with E-state index < -0.39 is 0 Å². The molecule has 0 aromatic rings. The van der Waals surface area contributed by atoms with Crippen molar-refractivity contribution in [2.45, 2.75) is 12.8 Å². The van der Waals surface area contributed by atoms with Crippen LogP contribution in [0.25, 0.3) is 0 Å². The van der Waals surface area contributed by atoms with Crippen LogP contribution in [0, 0.1) is 6.42 Å². The van der Waals surface area contributed by atoms with Crippen molar-refractivity contribution in [3.05, 3.63) is 18.6 Å². The molecule has 1 amide bonds. The Hall–Kier alpha value is -0.830. The van der Waals surface area contributed by atoms with Crippen LogP contribution < -0.4 is 0 Å². The smallest absolute Gasteiger partial charge is 0.246 e. The van der Waals surface area contributed by atoms with E-state index in [2.05, 4.69) is 6.42 Å². The first kappa shape index (κ1) is 9.26. The van der Waals surface area contributed by atoms with Crippen molar-refractivity contribution in [1.29, 1.82) is 0 Å². The Kier molecular flexibility index (Phi) is 3.80. The Morgan fingerprint density at radius 2 is 2.17 bits per heavy atom. The zero-order valence-corrected chi connectivity index (χ0v) is 7.07. The van der Waals surface area contributed by atoms with Gasteiger partial charge in [-0.25, -0.2) is 0 Å². The number of rotatable bonds is 2. The molecule has 1 fully saturated rings. The summed E-state index contributed by atoms with van der Waals surface area (Å²) < 4.78 is 0. The van der Waals surface area contributed by atoms with Gasteiger partial charge in [0.25, 0.3) is 0 Å². The van der Waals surface area contributed by atoms with E-state index in [1.165, 1.54) is 12.2 Å². The van der Waals surface area contributed by atoms with Gasteiger partial charge in [-0.05, 0) is 19.3 Å². The highest BCUT2D eigenvalue weighted by atomic mass is 16.2. The van der Waals surface area contributed by atoms with Crippen molar-refractivity contribution in [1.82, 2.24) is 4.90 Å². The van der Waals surface area contributed by atoms with Crippen LogP contribution in [0.1, 0.15) is 12.8 Å². The molecule has 1 aliphatic heterocycles. The third kappa shape index (κ3) is 2.66. The second-order valence-electron chi connectivity index (χ2n) is 2.78. The highest BCUT2D eigenvalue weighted by Crippen LogP contribution is 2.07. The number of amides is 1. The Morgan fingerprint density at radius 3 is 2.75 bits per heavy atom. The van der Waals surface area contributed by atoms with Gasteiger partial charge in [0.2, 0.25) is 5.91 Å². The highest BCUT2D eigenvalue weighted by molar-refractivity contribution is 5.87. The minimum atomic E-state index is -0.0638. The molecular formula is C9H14NO2. The largest absolute Gasteiger partial charge is 0.392 e. The number of carbonyl (C=O) groups excluding carboxylic acids is 1. The third-order valence-electron chi connectivity index (χ3n) is 1.88. The van der Waals surface area contributed by atoms with Crippen LogP contribution in [0.5, 0.6) is 0 Å². The van der Waals surface area contributed by atoms with E-state index in [0.717, 1.165) is 25.9 Å². The van der Waals surface area contributed by atoms with Gasteiger partial charge in [0.05, 0.1) is 6.61 Å². The summed E-state index contributed by atoms with van der Waals surface area (Å²) in [4.78, 5) is 13.1. The minimum Gasteiger partial charge on any atom is -0.392 e. The van der Waals surface area contributed by atoms with Gasteiger partial charge in [-0.1, -0.05) is 6.08 Å². The molecule has 1 heterocycles. The molecule has 0 aromatic carbocycles. The van der Waals surface area contributed by atoms with Gasteiger partial charge in [0.15, 0.2) is 0 Å². The summed E-state index contributed by atoms with van der Waals surface area (Å²) >= 11 is 0. The maximum absolute atomic E-state index is 11.3. The van der Waals surface area contributed by atoms with Gasteiger partial charge in [-0.15, -0.1) is 0 Å². The van der Waals surface area contributed by atoms with E-state index in [9.17, 15) is 4.79 Å². The number of nitrogens with zero attached hydrogens (tertiary/aromatic N) is 1. The average molecular weight is 168 g/mol. The number of hydrogen-bond acceptors (Lipinski definition) is 2. The van der Waals surface area contributed by atoms with Crippen molar-refractivity contribution >= 4 is 5.91 Å².